The predicted octanol–water partition coefficient (Wildman–Crippen LogP) is -0.525. The summed E-state index contributed by atoms with van der Waals surface area (Å²) in [6, 6.07) is 0. The molecule has 0 spiro atoms. The molecule has 0 radical (unpaired) electrons. The van der Waals surface area contributed by atoms with Crippen LogP contribution in [0.15, 0.2) is 0 Å². The van der Waals surface area contributed by atoms with Gasteiger partial charge in [0.2, 0.25) is 0 Å². The van der Waals surface area contributed by atoms with Crippen molar-refractivity contribution in [1.82, 2.24) is 0 Å². The van der Waals surface area contributed by atoms with Crippen molar-refractivity contribution in [3.05, 3.63) is 21.6 Å². The fourth-order valence-electron chi connectivity index (χ4n) is 0.0745. The second-order valence-electron chi connectivity index (χ2n) is 1.52. The zero-order chi connectivity index (χ0) is 8.99. The van der Waals surface area contributed by atoms with E-state index in [1.807, 2.05) is 5.79 Å². The van der Waals surface area contributed by atoms with Crippen molar-refractivity contribution in [3.63, 3.8) is 0 Å². The first kappa shape index (κ1) is 29.3. The van der Waals surface area contributed by atoms with Gasteiger partial charge >= 0.3 is 14.1 Å². The van der Waals surface area contributed by atoms with E-state index in [4.69, 9.17) is 15.9 Å². The minimum absolute atomic E-state index is 0. The summed E-state index contributed by atoms with van der Waals surface area (Å²) in [5.74, 6) is 2.04. The van der Waals surface area contributed by atoms with E-state index in [0.717, 1.165) is 5.41 Å². The van der Waals surface area contributed by atoms with E-state index in [1.165, 1.54) is 0 Å². The van der Waals surface area contributed by atoms with Crippen LogP contribution in [-0.4, -0.2) is 35.2 Å². The normalized spacial score (nSPS) is 5.25. The molecule has 4 nitrogen and oxygen atoms in total. The van der Waals surface area contributed by atoms with Crippen molar-refractivity contribution in [2.24, 2.45) is 11.5 Å². The molecule has 0 unspecified atom stereocenters. The standard InChI is InChI=1S/2CH4N.2CH3O.2CH3.Al.Zn/c4*1-2;;;;/h2*1-2H2;2*2H,1H2;2*1H3;;/q;-1;;-1;;-1;;. The largest absolute Gasteiger partial charge is 0.569 e. The van der Waals surface area contributed by atoms with Gasteiger partial charge in [0, 0.05) is 19.5 Å². The second kappa shape index (κ2) is 40.3. The number of nitrogens with two attached hydrogens (primary N) is 2. The smallest absolute Gasteiger partial charge is 0.314 e. The Kier molecular flexibility index (Phi) is 98.3. The Morgan fingerprint density at radius 2 is 1.58 bits per heavy atom. The minimum Gasteiger partial charge on any atom is -0.569 e. The summed E-state index contributed by atoms with van der Waals surface area (Å²) >= 11 is -0.827. The van der Waals surface area contributed by atoms with Crippen molar-refractivity contribution >= 4 is 14.1 Å². The van der Waals surface area contributed by atoms with E-state index in [2.05, 4.69) is 19.9 Å². The van der Waals surface area contributed by atoms with Crippen LogP contribution in [0, 0.1) is 21.6 Å². The number of rotatable bonds is 2. The van der Waals surface area contributed by atoms with E-state index in [9.17, 15) is 0 Å². The molecule has 6 heteroatoms. The predicted molar refractivity (Wildman–Crippen MR) is 51.0 cm³/mol. The summed E-state index contributed by atoms with van der Waals surface area (Å²) in [6.45, 7) is 0. The third kappa shape index (κ3) is 44.0. The van der Waals surface area contributed by atoms with E-state index < -0.39 is 14.1 Å². The van der Waals surface area contributed by atoms with Gasteiger partial charge in [-0.1, -0.05) is 0 Å². The van der Waals surface area contributed by atoms with Gasteiger partial charge in [-0.15, -0.1) is 5.79 Å². The molecule has 0 bridgehead atoms. The third-order valence-corrected chi connectivity index (χ3v) is 2.14. The van der Waals surface area contributed by atoms with Gasteiger partial charge < -0.3 is 29.1 Å². The van der Waals surface area contributed by atoms with Crippen LogP contribution in [0.4, 0.5) is 0 Å². The van der Waals surface area contributed by atoms with Gasteiger partial charge in [-0.25, -0.2) is 7.11 Å². The van der Waals surface area contributed by atoms with Gasteiger partial charge in [0.15, 0.2) is 0 Å². The van der Waals surface area contributed by atoms with Gasteiger partial charge in [0.25, 0.3) is 0 Å². The van der Waals surface area contributed by atoms with Gasteiger partial charge in [-0.05, 0) is 10.9 Å². The molecule has 0 aromatic rings. The fraction of sp³-hybridized carbons (Fsp3) is 0.500. The van der Waals surface area contributed by atoms with Crippen LogP contribution in [0.5, 0.6) is 0 Å². The van der Waals surface area contributed by atoms with Crippen LogP contribution in [-0.2, 0) is 19.5 Å². The second-order valence-corrected chi connectivity index (χ2v) is 4.57. The van der Waals surface area contributed by atoms with Gasteiger partial charge in [-0.2, -0.15) is 0 Å². The average molecular weight is 245 g/mol. The third-order valence-electron chi connectivity index (χ3n) is 0.714. The molecule has 12 heavy (non-hydrogen) atoms. The molecule has 0 saturated carbocycles. The quantitative estimate of drug-likeness (QED) is 0.388. The van der Waals surface area contributed by atoms with Gasteiger partial charge in [0.1, 0.15) is 0 Å². The zero-order valence-electron chi connectivity index (χ0n) is 8.16. The summed E-state index contributed by atoms with van der Waals surface area (Å²) < 4.78 is 0. The maximum atomic E-state index is 8.32. The van der Waals surface area contributed by atoms with E-state index in [0.29, 0.717) is 5.47 Å². The summed E-state index contributed by atoms with van der Waals surface area (Å²) in [7, 11) is 5.00. The maximum absolute atomic E-state index is 8.32. The molecule has 0 fully saturated rings. The molecule has 0 aliphatic carbocycles. The summed E-state index contributed by atoms with van der Waals surface area (Å²) in [5.41, 5.74) is 9.78. The summed E-state index contributed by atoms with van der Waals surface area (Å²) in [5, 5.41) is 15.8. The number of aliphatic hydroxyl groups is 2. The number of aliphatic hydroxyl groups excluding tert-OH is 2. The minimum atomic E-state index is -0.827. The Balaban J connectivity index is -0.0000000241. The van der Waals surface area contributed by atoms with Crippen LogP contribution in [0.3, 0.4) is 0 Å². The fourth-order valence-corrected chi connectivity index (χ4v) is 0.224. The van der Waals surface area contributed by atoms with E-state index >= 15 is 0 Å². The van der Waals surface area contributed by atoms with Crippen LogP contribution in [0.25, 0.3) is 0 Å². The van der Waals surface area contributed by atoms with E-state index in [1.54, 1.807) is 0 Å². The topological polar surface area (TPSA) is 92.5 Å². The molecule has 0 amide bonds. The Labute approximate surface area is 93.5 Å². The Morgan fingerprint density at radius 3 is 1.58 bits per heavy atom. The summed E-state index contributed by atoms with van der Waals surface area (Å²) in [4.78, 5) is 0. The molecule has 74 valence electrons. The van der Waals surface area contributed by atoms with Gasteiger partial charge in [0.05, 0.1) is 0 Å². The molecular formula is C6H20AlN2O2Zn-3. The van der Waals surface area contributed by atoms with Crippen molar-refractivity contribution < 1.29 is 29.7 Å². The van der Waals surface area contributed by atoms with Crippen LogP contribution >= 0.6 is 0 Å². The molecule has 0 aromatic heterocycles. The first-order valence-corrected chi connectivity index (χ1v) is 5.63. The van der Waals surface area contributed by atoms with Crippen molar-refractivity contribution in [2.45, 2.75) is 5.79 Å². The Morgan fingerprint density at radius 1 is 1.33 bits per heavy atom. The van der Waals surface area contributed by atoms with Crippen molar-refractivity contribution in [2.75, 3.05) is 10.9 Å². The SMILES string of the molecule is [CH2-]N.[CH2-]O.[CH3-].[CH3][Al]([CH2]N)[CH2]O.[Zn]. The first-order chi connectivity index (χ1) is 4.81. The molecule has 0 aliphatic heterocycles. The molecule has 0 atom stereocenters. The van der Waals surface area contributed by atoms with Crippen molar-refractivity contribution in [3.8, 4) is 0 Å². The van der Waals surface area contributed by atoms with Crippen LogP contribution in [0.1, 0.15) is 0 Å². The molecule has 0 aromatic carbocycles. The van der Waals surface area contributed by atoms with Crippen LogP contribution in [0.2, 0.25) is 5.79 Å². The molecular weight excluding hydrogens is 224 g/mol. The molecule has 0 saturated heterocycles. The monoisotopic (exact) mass is 243 g/mol. The number of hydrogen-bond acceptors (Lipinski definition) is 4. The summed E-state index contributed by atoms with van der Waals surface area (Å²) in [6.07, 6.45) is 0. The molecule has 0 heterocycles. The van der Waals surface area contributed by atoms with Crippen molar-refractivity contribution in [1.29, 1.82) is 0 Å². The Hall–Kier alpha value is 0.996. The zero-order valence-corrected chi connectivity index (χ0v) is 12.3. The van der Waals surface area contributed by atoms with Crippen LogP contribution < -0.4 is 11.5 Å². The Bertz CT molecular complexity index is 42.7. The maximum Gasteiger partial charge on any atom is 0.314 e. The first-order valence-electron chi connectivity index (χ1n) is 2.84. The van der Waals surface area contributed by atoms with Gasteiger partial charge in [-0.3, -0.25) is 7.05 Å². The van der Waals surface area contributed by atoms with E-state index in [-0.39, 0.29) is 26.9 Å². The number of hydrogen-bond donors (Lipinski definition) is 4. The average Bonchev–Trinajstić information content (AvgIpc) is 2.10. The molecule has 6 N–H and O–H groups in total. The molecule has 0 rings (SSSR count). The molecule has 0 aliphatic rings.